The first-order valence-electron chi connectivity index (χ1n) is 12.4. The summed E-state index contributed by atoms with van der Waals surface area (Å²) in [5, 5.41) is 5.51. The van der Waals surface area contributed by atoms with Crippen LogP contribution in [0.1, 0.15) is 59.0 Å². The van der Waals surface area contributed by atoms with Crippen LogP contribution < -0.4 is 20.1 Å². The Bertz CT molecular complexity index is 1370. The fraction of sp³-hybridized carbons (Fsp3) is 0.393. The molecule has 0 radical (unpaired) electrons. The van der Waals surface area contributed by atoms with E-state index in [1.165, 1.54) is 13.0 Å². The first-order chi connectivity index (χ1) is 18.5. The van der Waals surface area contributed by atoms with Crippen molar-refractivity contribution in [3.63, 3.8) is 0 Å². The molecule has 2 aromatic carbocycles. The summed E-state index contributed by atoms with van der Waals surface area (Å²) in [4.78, 5) is 61.4. The predicted molar refractivity (Wildman–Crippen MR) is 143 cm³/mol. The van der Waals surface area contributed by atoms with E-state index < -0.39 is 54.2 Å². The molecule has 2 N–H and O–H groups in total. The number of rotatable bonds is 7. The maximum Gasteiger partial charge on any atom is 0.408 e. The Balaban J connectivity index is 1.94. The molecule has 40 heavy (non-hydrogen) atoms. The fourth-order valence-electron chi connectivity index (χ4n) is 3.48. The lowest BCUT2D eigenvalue weighted by Crippen LogP contribution is -2.36. The number of hydrogen-bond acceptors (Lipinski definition) is 10. The van der Waals surface area contributed by atoms with Gasteiger partial charge in [0.25, 0.3) is 0 Å². The minimum Gasteiger partial charge on any atom is -0.449 e. The van der Waals surface area contributed by atoms with Gasteiger partial charge in [0, 0.05) is 17.7 Å². The molecule has 0 bridgehead atoms. The molecule has 12 nitrogen and oxygen atoms in total. The van der Waals surface area contributed by atoms with Crippen LogP contribution in [0.3, 0.4) is 0 Å². The zero-order valence-electron chi connectivity index (χ0n) is 23.4. The normalized spacial score (nSPS) is 11.6. The van der Waals surface area contributed by atoms with Crippen LogP contribution in [0.4, 0.5) is 9.59 Å². The number of hydrogen-bond donors (Lipinski definition) is 2. The Labute approximate surface area is 230 Å². The van der Waals surface area contributed by atoms with Crippen molar-refractivity contribution in [2.45, 2.75) is 59.7 Å². The minimum atomic E-state index is -0.843. The largest absolute Gasteiger partial charge is 0.449 e. The first-order valence-corrected chi connectivity index (χ1v) is 12.4. The molecule has 0 fully saturated rings. The number of fused-ring (bicyclic) bond motifs is 2. The van der Waals surface area contributed by atoms with Gasteiger partial charge in [0.1, 0.15) is 30.0 Å². The smallest absolute Gasteiger partial charge is 0.408 e. The Morgan fingerprint density at radius 1 is 0.725 bits per heavy atom. The summed E-state index contributed by atoms with van der Waals surface area (Å²) in [6, 6.07) is 7.92. The van der Waals surface area contributed by atoms with E-state index in [2.05, 4.69) is 10.6 Å². The van der Waals surface area contributed by atoms with Crippen molar-refractivity contribution in [2.24, 2.45) is 0 Å². The van der Waals surface area contributed by atoms with E-state index in [-0.39, 0.29) is 28.2 Å². The van der Waals surface area contributed by atoms with Crippen molar-refractivity contribution in [3.8, 4) is 11.5 Å². The molecule has 1 heterocycles. The highest BCUT2D eigenvalue weighted by Gasteiger charge is 2.26. The third-order valence-electron chi connectivity index (χ3n) is 4.93. The van der Waals surface area contributed by atoms with Gasteiger partial charge in [-0.15, -0.1) is 0 Å². The summed E-state index contributed by atoms with van der Waals surface area (Å²) in [6.45, 7) is 10.3. The van der Waals surface area contributed by atoms with E-state index in [0.717, 1.165) is 0 Å². The number of benzene rings is 2. The van der Waals surface area contributed by atoms with Crippen molar-refractivity contribution < 1.29 is 47.3 Å². The highest BCUT2D eigenvalue weighted by atomic mass is 16.6. The van der Waals surface area contributed by atoms with Crippen molar-refractivity contribution in [1.29, 1.82) is 0 Å². The molecule has 0 atom stereocenters. The molecular formula is C28H32N2O10. The molecule has 2 amide bonds. The maximum atomic E-state index is 12.7. The summed E-state index contributed by atoms with van der Waals surface area (Å²) in [5.41, 5.74) is -1.55. The van der Waals surface area contributed by atoms with Crippen LogP contribution in [0, 0.1) is 0 Å². The average molecular weight is 557 g/mol. The van der Waals surface area contributed by atoms with Gasteiger partial charge in [0.05, 0.1) is 5.39 Å². The van der Waals surface area contributed by atoms with Gasteiger partial charge in [-0.25, -0.2) is 19.2 Å². The Hall–Kier alpha value is -4.61. The van der Waals surface area contributed by atoms with Crippen molar-refractivity contribution in [2.75, 3.05) is 13.1 Å². The lowest BCUT2D eigenvalue weighted by atomic mass is 10.0. The highest BCUT2D eigenvalue weighted by Crippen LogP contribution is 2.44. The van der Waals surface area contributed by atoms with Gasteiger partial charge in [-0.05, 0) is 47.6 Å². The number of carbonyl (C=O) groups is 5. The fourth-order valence-corrected chi connectivity index (χ4v) is 3.48. The third-order valence-corrected chi connectivity index (χ3v) is 4.93. The van der Waals surface area contributed by atoms with Gasteiger partial charge in [-0.1, -0.05) is 24.3 Å². The summed E-state index contributed by atoms with van der Waals surface area (Å²) >= 11 is 0. The zero-order chi connectivity index (χ0) is 29.8. The van der Waals surface area contributed by atoms with Gasteiger partial charge in [-0.2, -0.15) is 0 Å². The molecule has 0 aliphatic heterocycles. The molecule has 3 rings (SSSR count). The van der Waals surface area contributed by atoms with Crippen LogP contribution in [0.15, 0.2) is 34.7 Å². The zero-order valence-corrected chi connectivity index (χ0v) is 23.4. The summed E-state index contributed by atoms with van der Waals surface area (Å²) in [6.07, 6.45) is -1.61. The lowest BCUT2D eigenvalue weighted by molar-refractivity contribution is -0.134. The first kappa shape index (κ1) is 29.9. The van der Waals surface area contributed by atoms with E-state index in [1.54, 1.807) is 65.8 Å². The van der Waals surface area contributed by atoms with Crippen LogP contribution >= 0.6 is 0 Å². The molecule has 0 saturated heterocycles. The second-order valence-corrected chi connectivity index (χ2v) is 10.8. The Morgan fingerprint density at radius 2 is 1.18 bits per heavy atom. The van der Waals surface area contributed by atoms with Gasteiger partial charge in [0.2, 0.25) is 0 Å². The van der Waals surface area contributed by atoms with E-state index in [0.29, 0.717) is 10.8 Å². The molecule has 0 aliphatic carbocycles. The molecule has 0 aliphatic rings. The number of Topliss-reactive ketones (excluding diaryl/α,β-unsaturated/α-hetero) is 1. The molecule has 0 saturated carbocycles. The van der Waals surface area contributed by atoms with Gasteiger partial charge in [0.15, 0.2) is 22.9 Å². The van der Waals surface area contributed by atoms with Gasteiger partial charge >= 0.3 is 24.1 Å². The third kappa shape index (κ3) is 7.95. The van der Waals surface area contributed by atoms with Gasteiger partial charge < -0.3 is 34.0 Å². The van der Waals surface area contributed by atoms with Crippen LogP contribution in [-0.2, 0) is 19.1 Å². The van der Waals surface area contributed by atoms with E-state index in [9.17, 15) is 24.0 Å². The molecule has 3 aromatic rings. The van der Waals surface area contributed by atoms with Gasteiger partial charge in [-0.3, -0.25) is 4.79 Å². The number of alkyl carbamates (subject to hydrolysis) is 2. The van der Waals surface area contributed by atoms with E-state index >= 15 is 0 Å². The molecule has 214 valence electrons. The van der Waals surface area contributed by atoms with E-state index in [1.807, 2.05) is 0 Å². The number of esters is 2. The predicted octanol–water partition coefficient (Wildman–Crippen LogP) is 4.65. The number of amides is 2. The summed E-state index contributed by atoms with van der Waals surface area (Å²) in [5.74, 6) is -2.17. The average Bonchev–Trinajstić information content (AvgIpc) is 3.27. The second-order valence-electron chi connectivity index (χ2n) is 10.8. The monoisotopic (exact) mass is 556 g/mol. The molecule has 0 spiro atoms. The second kappa shape index (κ2) is 11.6. The SMILES string of the molecule is CC(=O)c1cc2c(OC(=O)CNC(=O)OC(C)(C)C)c3ccccc3c(OC(=O)CNC(=O)OC(C)(C)C)c2o1. The molecular weight excluding hydrogens is 524 g/mol. The minimum absolute atomic E-state index is 0.0302. The van der Waals surface area contributed by atoms with Crippen LogP contribution in [0.25, 0.3) is 21.7 Å². The summed E-state index contributed by atoms with van der Waals surface area (Å²) in [7, 11) is 0. The number of carbonyl (C=O) groups excluding carboxylic acids is 5. The summed E-state index contributed by atoms with van der Waals surface area (Å²) < 4.78 is 27.1. The van der Waals surface area contributed by atoms with Crippen LogP contribution in [0.5, 0.6) is 11.5 Å². The molecule has 0 unspecified atom stereocenters. The number of ketones is 1. The lowest BCUT2D eigenvalue weighted by Gasteiger charge is -2.19. The van der Waals surface area contributed by atoms with Crippen molar-refractivity contribution >= 4 is 51.7 Å². The topological polar surface area (TPSA) is 159 Å². The molecule has 12 heteroatoms. The number of furan rings is 1. The Morgan fingerprint density at radius 3 is 1.62 bits per heavy atom. The number of nitrogens with one attached hydrogen (secondary N) is 2. The standard InChI is InChI=1S/C28H32N2O10/c1-15(31)19-12-18-22(37-20(32)13-29-25(34)39-27(2,3)4)16-10-8-9-11-17(16)23(24(18)36-19)38-21(33)14-30-26(35)40-28(5,6)7/h8-12H,13-14H2,1-7H3,(H,29,34)(H,30,35). The van der Waals surface area contributed by atoms with Crippen molar-refractivity contribution in [1.82, 2.24) is 10.6 Å². The molecule has 1 aromatic heterocycles. The Kier molecular flexibility index (Phi) is 8.71. The quantitative estimate of drug-likeness (QED) is 0.238. The number of ether oxygens (including phenoxy) is 4. The maximum absolute atomic E-state index is 12.7. The van der Waals surface area contributed by atoms with E-state index in [4.69, 9.17) is 23.4 Å². The van der Waals surface area contributed by atoms with Crippen molar-refractivity contribution in [3.05, 3.63) is 36.1 Å². The van der Waals surface area contributed by atoms with Crippen LogP contribution in [-0.4, -0.2) is 54.2 Å². The highest BCUT2D eigenvalue weighted by molar-refractivity contribution is 6.12. The van der Waals surface area contributed by atoms with Crippen LogP contribution in [0.2, 0.25) is 0 Å².